The molecule has 1 fully saturated rings. The molecular weight excluding hydrogens is 316 g/mol. The van der Waals surface area contributed by atoms with Crippen molar-refractivity contribution in [3.63, 3.8) is 0 Å². The highest BCUT2D eigenvalue weighted by Crippen LogP contribution is 2.18. The van der Waals surface area contributed by atoms with Crippen LogP contribution in [0.5, 0.6) is 5.75 Å². The molecule has 1 aromatic heterocycles. The Labute approximate surface area is 146 Å². The summed E-state index contributed by atoms with van der Waals surface area (Å²) < 4.78 is 0. The number of hydrogen-bond donors (Lipinski definition) is 1. The zero-order valence-corrected chi connectivity index (χ0v) is 14.1. The van der Waals surface area contributed by atoms with E-state index in [4.69, 9.17) is 5.26 Å². The molecule has 0 atom stereocenters. The van der Waals surface area contributed by atoms with Crippen molar-refractivity contribution >= 4 is 5.91 Å². The van der Waals surface area contributed by atoms with Gasteiger partial charge in [-0.25, -0.2) is 0 Å². The SMILES string of the molecule is Cc1ccc(O)c(CN2CCN(Cc3ccc(C#N)cc3)C(=O)C2)n1. The van der Waals surface area contributed by atoms with Crippen molar-refractivity contribution in [3.05, 3.63) is 58.9 Å². The van der Waals surface area contributed by atoms with Crippen LogP contribution < -0.4 is 0 Å². The summed E-state index contributed by atoms with van der Waals surface area (Å²) in [6.07, 6.45) is 0. The first-order valence-corrected chi connectivity index (χ1v) is 8.20. The van der Waals surface area contributed by atoms with Gasteiger partial charge in [-0.3, -0.25) is 14.7 Å². The molecule has 3 rings (SSSR count). The summed E-state index contributed by atoms with van der Waals surface area (Å²) in [6, 6.07) is 12.8. The smallest absolute Gasteiger partial charge is 0.237 e. The molecule has 1 aliphatic rings. The topological polar surface area (TPSA) is 80.5 Å². The molecule has 0 radical (unpaired) electrons. The highest BCUT2D eigenvalue weighted by Gasteiger charge is 2.24. The van der Waals surface area contributed by atoms with E-state index in [9.17, 15) is 9.90 Å². The Bertz CT molecular complexity index is 811. The number of aryl methyl sites for hydroxylation is 1. The summed E-state index contributed by atoms with van der Waals surface area (Å²) in [7, 11) is 0. The third-order valence-corrected chi connectivity index (χ3v) is 4.32. The fourth-order valence-corrected chi connectivity index (χ4v) is 2.90. The number of piperazine rings is 1. The second-order valence-corrected chi connectivity index (χ2v) is 6.25. The van der Waals surface area contributed by atoms with Crippen LogP contribution in [0, 0.1) is 18.3 Å². The number of pyridine rings is 1. The van der Waals surface area contributed by atoms with Crippen LogP contribution in [0.15, 0.2) is 36.4 Å². The summed E-state index contributed by atoms with van der Waals surface area (Å²) in [6.45, 7) is 4.56. The van der Waals surface area contributed by atoms with E-state index in [0.717, 1.165) is 17.8 Å². The molecule has 0 unspecified atom stereocenters. The van der Waals surface area contributed by atoms with Gasteiger partial charge >= 0.3 is 0 Å². The maximum absolute atomic E-state index is 12.4. The van der Waals surface area contributed by atoms with E-state index in [1.54, 1.807) is 24.3 Å². The van der Waals surface area contributed by atoms with Gasteiger partial charge in [0.15, 0.2) is 0 Å². The minimum atomic E-state index is 0.0581. The van der Waals surface area contributed by atoms with Gasteiger partial charge in [-0.1, -0.05) is 12.1 Å². The Kier molecular flexibility index (Phi) is 4.96. The van der Waals surface area contributed by atoms with Gasteiger partial charge in [0.25, 0.3) is 0 Å². The van der Waals surface area contributed by atoms with Gasteiger partial charge in [-0.2, -0.15) is 5.26 Å². The Morgan fingerprint density at radius 2 is 1.92 bits per heavy atom. The lowest BCUT2D eigenvalue weighted by atomic mass is 10.1. The predicted octanol–water partition coefficient (Wildman–Crippen LogP) is 1.81. The minimum Gasteiger partial charge on any atom is -0.506 e. The van der Waals surface area contributed by atoms with Gasteiger partial charge in [0, 0.05) is 31.9 Å². The van der Waals surface area contributed by atoms with Crippen LogP contribution in [-0.2, 0) is 17.9 Å². The number of carbonyl (C=O) groups is 1. The van der Waals surface area contributed by atoms with Gasteiger partial charge in [0.2, 0.25) is 5.91 Å². The molecule has 0 spiro atoms. The molecule has 128 valence electrons. The average molecular weight is 336 g/mol. The number of hydrogen-bond acceptors (Lipinski definition) is 5. The number of rotatable bonds is 4. The molecule has 1 N–H and O–H groups in total. The van der Waals surface area contributed by atoms with Gasteiger partial charge in [-0.15, -0.1) is 0 Å². The standard InChI is InChI=1S/C19H20N4O2/c1-14-2-7-18(24)17(21-14)12-22-8-9-23(19(25)13-22)11-16-5-3-15(10-20)4-6-16/h2-7,24H,8-9,11-13H2,1H3. The summed E-state index contributed by atoms with van der Waals surface area (Å²) in [5.74, 6) is 0.223. The Balaban J connectivity index is 1.59. The van der Waals surface area contributed by atoms with E-state index >= 15 is 0 Å². The van der Waals surface area contributed by atoms with Crippen molar-refractivity contribution in [2.45, 2.75) is 20.0 Å². The lowest BCUT2D eigenvalue weighted by molar-refractivity contribution is -0.136. The first kappa shape index (κ1) is 16.9. The molecule has 0 bridgehead atoms. The summed E-state index contributed by atoms with van der Waals surface area (Å²) in [4.78, 5) is 20.6. The molecule has 6 nitrogen and oxygen atoms in total. The first-order valence-electron chi connectivity index (χ1n) is 8.20. The van der Waals surface area contributed by atoms with Crippen LogP contribution in [0.25, 0.3) is 0 Å². The van der Waals surface area contributed by atoms with Crippen LogP contribution in [0.4, 0.5) is 0 Å². The van der Waals surface area contributed by atoms with Crippen LogP contribution in [0.1, 0.15) is 22.5 Å². The van der Waals surface area contributed by atoms with E-state index in [1.807, 2.05) is 28.9 Å². The van der Waals surface area contributed by atoms with Crippen molar-refractivity contribution < 1.29 is 9.90 Å². The minimum absolute atomic E-state index is 0.0581. The quantitative estimate of drug-likeness (QED) is 0.921. The van der Waals surface area contributed by atoms with Crippen molar-refractivity contribution in [2.24, 2.45) is 0 Å². The Hall–Kier alpha value is -2.91. The maximum atomic E-state index is 12.4. The molecule has 6 heteroatoms. The van der Waals surface area contributed by atoms with Gasteiger partial charge in [-0.05, 0) is 36.8 Å². The van der Waals surface area contributed by atoms with Crippen molar-refractivity contribution in [1.82, 2.24) is 14.8 Å². The van der Waals surface area contributed by atoms with Crippen molar-refractivity contribution in [3.8, 4) is 11.8 Å². The molecular formula is C19H20N4O2. The zero-order valence-electron chi connectivity index (χ0n) is 14.1. The number of benzene rings is 1. The van der Waals surface area contributed by atoms with Crippen LogP contribution in [-0.4, -0.2) is 45.4 Å². The fourth-order valence-electron chi connectivity index (χ4n) is 2.90. The number of aromatic hydroxyl groups is 1. The zero-order chi connectivity index (χ0) is 17.8. The number of nitriles is 1. The molecule has 1 aromatic carbocycles. The fraction of sp³-hybridized carbons (Fsp3) is 0.316. The monoisotopic (exact) mass is 336 g/mol. The largest absolute Gasteiger partial charge is 0.506 e. The number of carbonyl (C=O) groups excluding carboxylic acids is 1. The van der Waals surface area contributed by atoms with Gasteiger partial charge < -0.3 is 10.0 Å². The Morgan fingerprint density at radius 1 is 1.16 bits per heavy atom. The normalized spacial score (nSPS) is 15.2. The van der Waals surface area contributed by atoms with E-state index in [0.29, 0.717) is 37.4 Å². The van der Waals surface area contributed by atoms with Gasteiger partial charge in [0.05, 0.1) is 23.9 Å². The summed E-state index contributed by atoms with van der Waals surface area (Å²) in [5.41, 5.74) is 3.08. The first-order chi connectivity index (χ1) is 12.0. The maximum Gasteiger partial charge on any atom is 0.237 e. The molecule has 25 heavy (non-hydrogen) atoms. The van der Waals surface area contributed by atoms with E-state index in [1.165, 1.54) is 0 Å². The lowest BCUT2D eigenvalue weighted by Gasteiger charge is -2.34. The number of aromatic nitrogens is 1. The van der Waals surface area contributed by atoms with E-state index in [2.05, 4.69) is 11.1 Å². The number of nitrogens with zero attached hydrogens (tertiary/aromatic N) is 4. The molecule has 0 saturated carbocycles. The lowest BCUT2D eigenvalue weighted by Crippen LogP contribution is -2.49. The molecule has 1 amide bonds. The van der Waals surface area contributed by atoms with Crippen molar-refractivity contribution in [1.29, 1.82) is 5.26 Å². The van der Waals surface area contributed by atoms with E-state index < -0.39 is 0 Å². The Morgan fingerprint density at radius 3 is 2.60 bits per heavy atom. The number of amides is 1. The molecule has 2 heterocycles. The van der Waals surface area contributed by atoms with E-state index in [-0.39, 0.29) is 11.7 Å². The third kappa shape index (κ3) is 4.14. The van der Waals surface area contributed by atoms with Crippen LogP contribution in [0.2, 0.25) is 0 Å². The van der Waals surface area contributed by atoms with Crippen LogP contribution in [0.3, 0.4) is 0 Å². The predicted molar refractivity (Wildman–Crippen MR) is 92.5 cm³/mol. The third-order valence-electron chi connectivity index (χ3n) is 4.32. The van der Waals surface area contributed by atoms with Gasteiger partial charge in [0.1, 0.15) is 5.75 Å². The van der Waals surface area contributed by atoms with Crippen LogP contribution >= 0.6 is 0 Å². The highest BCUT2D eigenvalue weighted by atomic mass is 16.3. The molecule has 0 aliphatic carbocycles. The summed E-state index contributed by atoms with van der Waals surface area (Å²) >= 11 is 0. The molecule has 1 saturated heterocycles. The second-order valence-electron chi connectivity index (χ2n) is 6.25. The highest BCUT2D eigenvalue weighted by molar-refractivity contribution is 5.79. The molecule has 1 aliphatic heterocycles. The average Bonchev–Trinajstić information content (AvgIpc) is 2.61. The van der Waals surface area contributed by atoms with Crippen molar-refractivity contribution in [2.75, 3.05) is 19.6 Å². The molecule has 2 aromatic rings. The second kappa shape index (κ2) is 7.32. The summed E-state index contributed by atoms with van der Waals surface area (Å²) in [5, 5.41) is 18.7.